The van der Waals surface area contributed by atoms with Crippen LogP contribution in [0.2, 0.25) is 0 Å². The van der Waals surface area contributed by atoms with Crippen LogP contribution in [0.1, 0.15) is 40.0 Å². The van der Waals surface area contributed by atoms with Gasteiger partial charge in [-0.1, -0.05) is 49.4 Å². The van der Waals surface area contributed by atoms with Crippen LogP contribution in [0, 0.1) is 0 Å². The molecule has 2 aromatic rings. The number of rotatable bonds is 11. The monoisotopic (exact) mass is 523 g/mol. The molecule has 1 aliphatic heterocycles. The Morgan fingerprint density at radius 3 is 2.43 bits per heavy atom. The fraction of sp³-hybridized carbons (Fsp3) is 0.379. The molecule has 0 spiro atoms. The lowest BCUT2D eigenvalue weighted by Gasteiger charge is -2.40. The smallest absolute Gasteiger partial charge is 0.323 e. The standard InChI is InChI=1S/C29H37N3O4S/c1-5-7-12-27(31(21-33)20-28(34)35)29(22(3)6-2)30(4)25-15-17-32(18-16-25)37(36)26-14-13-23-10-8-9-11-24(23)19-26/h5,7-14,19,21,25H,6,15-18,20H2,1-4H3,(H,34,35)/b7-5-,27-12+,29-22?. The Balaban J connectivity index is 1.80. The highest BCUT2D eigenvalue weighted by Crippen LogP contribution is 2.30. The van der Waals surface area contributed by atoms with Gasteiger partial charge in [-0.25, -0.2) is 8.51 Å². The molecule has 0 saturated carbocycles. The molecule has 0 aromatic heterocycles. The van der Waals surface area contributed by atoms with Crippen molar-refractivity contribution >= 4 is 34.1 Å². The van der Waals surface area contributed by atoms with Gasteiger partial charge < -0.3 is 14.9 Å². The normalized spacial score (nSPS) is 17.0. The van der Waals surface area contributed by atoms with Crippen LogP contribution in [-0.4, -0.2) is 68.5 Å². The van der Waals surface area contributed by atoms with Crippen LogP contribution >= 0.6 is 0 Å². The van der Waals surface area contributed by atoms with E-state index in [1.165, 1.54) is 4.90 Å². The number of carboxylic acids is 1. The second-order valence-electron chi connectivity index (χ2n) is 9.22. The summed E-state index contributed by atoms with van der Waals surface area (Å²) in [5.41, 5.74) is 2.50. The van der Waals surface area contributed by atoms with Crippen molar-refractivity contribution in [1.82, 2.24) is 14.1 Å². The Kier molecular flexibility index (Phi) is 10.2. The average molecular weight is 524 g/mol. The lowest BCUT2D eigenvalue weighted by molar-refractivity contribution is -0.140. The quantitative estimate of drug-likeness (QED) is 0.333. The molecule has 198 valence electrons. The number of piperidine rings is 1. The topological polar surface area (TPSA) is 81.2 Å². The van der Waals surface area contributed by atoms with Crippen molar-refractivity contribution in [2.75, 3.05) is 26.7 Å². The molecule has 1 atom stereocenters. The maximum Gasteiger partial charge on any atom is 0.323 e. The maximum absolute atomic E-state index is 13.4. The van der Waals surface area contributed by atoms with Gasteiger partial charge in [-0.2, -0.15) is 0 Å². The minimum atomic E-state index is -1.24. The summed E-state index contributed by atoms with van der Waals surface area (Å²) < 4.78 is 15.4. The summed E-state index contributed by atoms with van der Waals surface area (Å²) in [5.74, 6) is -1.07. The molecule has 0 bridgehead atoms. The van der Waals surface area contributed by atoms with E-state index in [9.17, 15) is 18.9 Å². The molecule has 8 heteroatoms. The van der Waals surface area contributed by atoms with Gasteiger partial charge in [0, 0.05) is 26.2 Å². The SMILES string of the molecule is C/C=C\C=C(/C(=C(C)CC)N(C)C1CCN(S(=O)c2ccc3ccccc3c2)CC1)N(C=O)CC(=O)O. The maximum atomic E-state index is 13.4. The molecule has 0 aliphatic carbocycles. The predicted molar refractivity (Wildman–Crippen MR) is 149 cm³/mol. The third-order valence-corrected chi connectivity index (χ3v) is 8.34. The average Bonchev–Trinajstić information content (AvgIpc) is 2.92. The first-order valence-electron chi connectivity index (χ1n) is 12.7. The summed E-state index contributed by atoms with van der Waals surface area (Å²) in [6, 6.07) is 14.2. The number of hydrogen-bond donors (Lipinski definition) is 1. The van der Waals surface area contributed by atoms with Crippen LogP contribution in [0.3, 0.4) is 0 Å². The van der Waals surface area contributed by atoms with Crippen LogP contribution in [0.15, 0.2) is 82.6 Å². The molecule has 1 fully saturated rings. The minimum absolute atomic E-state index is 0.161. The number of likely N-dealkylation sites (N-methyl/N-ethyl adjacent to an activating group) is 1. The van der Waals surface area contributed by atoms with E-state index < -0.39 is 23.5 Å². The van der Waals surface area contributed by atoms with E-state index in [1.807, 2.05) is 86.7 Å². The van der Waals surface area contributed by atoms with E-state index >= 15 is 0 Å². The van der Waals surface area contributed by atoms with E-state index in [-0.39, 0.29) is 6.04 Å². The summed E-state index contributed by atoms with van der Waals surface area (Å²) in [6.45, 7) is 6.88. The van der Waals surface area contributed by atoms with Crippen molar-refractivity contribution in [2.24, 2.45) is 0 Å². The first kappa shape index (κ1) is 28.3. The van der Waals surface area contributed by atoms with E-state index in [2.05, 4.69) is 4.90 Å². The molecular weight excluding hydrogens is 486 g/mol. The van der Waals surface area contributed by atoms with Crippen molar-refractivity contribution < 1.29 is 18.9 Å². The van der Waals surface area contributed by atoms with Crippen molar-refractivity contribution in [1.29, 1.82) is 0 Å². The second-order valence-corrected chi connectivity index (χ2v) is 10.7. The van der Waals surface area contributed by atoms with Gasteiger partial charge in [0.2, 0.25) is 6.41 Å². The zero-order chi connectivity index (χ0) is 26.9. The summed E-state index contributed by atoms with van der Waals surface area (Å²) in [7, 11) is 0.761. The molecule has 0 radical (unpaired) electrons. The Bertz CT molecular complexity index is 1230. The largest absolute Gasteiger partial charge is 0.480 e. The molecular formula is C29H37N3O4S. The zero-order valence-electron chi connectivity index (χ0n) is 22.1. The molecule has 3 rings (SSSR count). The number of nitrogens with zero attached hydrogens (tertiary/aromatic N) is 3. The molecule has 1 unspecified atom stereocenters. The van der Waals surface area contributed by atoms with Gasteiger partial charge in [-0.3, -0.25) is 9.59 Å². The third kappa shape index (κ3) is 6.96. The number of carbonyl (C=O) groups excluding carboxylic acids is 1. The van der Waals surface area contributed by atoms with E-state index in [0.717, 1.165) is 46.2 Å². The highest BCUT2D eigenvalue weighted by molar-refractivity contribution is 7.82. The van der Waals surface area contributed by atoms with Crippen molar-refractivity contribution in [2.45, 2.75) is 51.0 Å². The Hall–Kier alpha value is -3.23. The lowest BCUT2D eigenvalue weighted by atomic mass is 10.0. The molecule has 2 aromatic carbocycles. The summed E-state index contributed by atoms with van der Waals surface area (Å²) >= 11 is 0. The molecule has 1 N–H and O–H groups in total. The van der Waals surface area contributed by atoms with Crippen molar-refractivity contribution in [3.05, 3.63) is 77.7 Å². The van der Waals surface area contributed by atoms with Gasteiger partial charge in [0.15, 0.2) is 0 Å². The number of benzene rings is 2. The molecule has 37 heavy (non-hydrogen) atoms. The number of hydrogen-bond acceptors (Lipinski definition) is 4. The van der Waals surface area contributed by atoms with Gasteiger partial charge in [-0.05, 0) is 67.7 Å². The number of allylic oxidation sites excluding steroid dienone is 4. The van der Waals surface area contributed by atoms with E-state index in [4.69, 9.17) is 0 Å². The Labute approximate surface area is 222 Å². The van der Waals surface area contributed by atoms with Gasteiger partial charge in [-0.15, -0.1) is 0 Å². The van der Waals surface area contributed by atoms with Crippen LogP contribution in [-0.2, 0) is 20.6 Å². The van der Waals surface area contributed by atoms with E-state index in [1.54, 1.807) is 6.08 Å². The van der Waals surface area contributed by atoms with Crippen LogP contribution in [0.25, 0.3) is 10.8 Å². The zero-order valence-corrected chi connectivity index (χ0v) is 22.9. The summed E-state index contributed by atoms with van der Waals surface area (Å²) in [5, 5.41) is 11.6. The molecule has 1 heterocycles. The number of fused-ring (bicyclic) bond motifs is 1. The van der Waals surface area contributed by atoms with Gasteiger partial charge >= 0.3 is 5.97 Å². The Morgan fingerprint density at radius 1 is 1.16 bits per heavy atom. The highest BCUT2D eigenvalue weighted by Gasteiger charge is 2.30. The van der Waals surface area contributed by atoms with Gasteiger partial charge in [0.1, 0.15) is 17.5 Å². The van der Waals surface area contributed by atoms with E-state index in [0.29, 0.717) is 25.2 Å². The predicted octanol–water partition coefficient (Wildman–Crippen LogP) is 4.95. The number of aliphatic carboxylic acids is 1. The van der Waals surface area contributed by atoms with Crippen LogP contribution < -0.4 is 0 Å². The highest BCUT2D eigenvalue weighted by atomic mass is 32.2. The number of carbonyl (C=O) groups is 2. The number of carboxylic acid groups (broad SMARTS) is 1. The molecule has 1 saturated heterocycles. The molecule has 1 aliphatic rings. The number of amides is 1. The first-order valence-corrected chi connectivity index (χ1v) is 13.8. The molecule has 1 amide bonds. The van der Waals surface area contributed by atoms with Gasteiger partial charge in [0.25, 0.3) is 0 Å². The van der Waals surface area contributed by atoms with Crippen LogP contribution in [0.4, 0.5) is 0 Å². The fourth-order valence-electron chi connectivity index (χ4n) is 4.69. The summed E-state index contributed by atoms with van der Waals surface area (Å²) in [6.07, 6.45) is 8.41. The van der Waals surface area contributed by atoms with Crippen molar-refractivity contribution in [3.63, 3.8) is 0 Å². The lowest BCUT2D eigenvalue weighted by Crippen LogP contribution is -2.45. The first-order chi connectivity index (χ1) is 17.8. The second kappa shape index (κ2) is 13.4. The summed E-state index contributed by atoms with van der Waals surface area (Å²) in [4.78, 5) is 27.6. The van der Waals surface area contributed by atoms with Crippen LogP contribution in [0.5, 0.6) is 0 Å². The fourth-order valence-corrected chi connectivity index (χ4v) is 5.95. The third-order valence-electron chi connectivity index (χ3n) is 6.85. The molecule has 7 nitrogen and oxygen atoms in total. The van der Waals surface area contributed by atoms with Crippen molar-refractivity contribution in [3.8, 4) is 0 Å². The Morgan fingerprint density at radius 2 is 1.84 bits per heavy atom. The van der Waals surface area contributed by atoms with Gasteiger partial charge in [0.05, 0.1) is 16.3 Å². The minimum Gasteiger partial charge on any atom is -0.480 e.